The van der Waals surface area contributed by atoms with Crippen molar-refractivity contribution in [3.63, 3.8) is 0 Å². The van der Waals surface area contributed by atoms with Crippen molar-refractivity contribution in [1.29, 1.82) is 0 Å². The molecule has 2 N–H and O–H groups in total. The van der Waals surface area contributed by atoms with Gasteiger partial charge in [0, 0.05) is 24.7 Å². The summed E-state index contributed by atoms with van der Waals surface area (Å²) < 4.78 is 10.6. The van der Waals surface area contributed by atoms with Gasteiger partial charge in [-0.1, -0.05) is 23.2 Å². The number of ether oxygens (including phenoxy) is 2. The standard InChI is InChI=1S/C16H23Cl2NO4/c1-22-13-8-12(17)11(14(18)15(13)23-2)9-19-6-3-4-16(21,10-20)5-7-19/h8,20-21H,3-7,9-10H2,1-2H3. The number of aliphatic hydroxyl groups is 2. The molecule has 0 aromatic heterocycles. The van der Waals surface area contributed by atoms with E-state index in [1.165, 1.54) is 14.2 Å². The summed E-state index contributed by atoms with van der Waals surface area (Å²) in [7, 11) is 3.07. The number of aliphatic hydroxyl groups excluding tert-OH is 1. The molecule has 1 unspecified atom stereocenters. The molecule has 1 fully saturated rings. The van der Waals surface area contributed by atoms with Gasteiger partial charge in [-0.05, 0) is 25.8 Å². The Morgan fingerprint density at radius 2 is 1.96 bits per heavy atom. The third kappa shape index (κ3) is 4.22. The highest BCUT2D eigenvalue weighted by atomic mass is 35.5. The van der Waals surface area contributed by atoms with Crippen LogP contribution >= 0.6 is 23.2 Å². The van der Waals surface area contributed by atoms with E-state index in [0.717, 1.165) is 18.5 Å². The second-order valence-corrected chi connectivity index (χ2v) is 6.68. The summed E-state index contributed by atoms with van der Waals surface area (Å²) in [5.74, 6) is 0.965. The van der Waals surface area contributed by atoms with Crippen molar-refractivity contribution in [1.82, 2.24) is 4.90 Å². The first kappa shape index (κ1) is 18.6. The second-order valence-electron chi connectivity index (χ2n) is 5.90. The van der Waals surface area contributed by atoms with Crippen molar-refractivity contribution in [2.75, 3.05) is 33.9 Å². The van der Waals surface area contributed by atoms with Crippen LogP contribution < -0.4 is 9.47 Å². The lowest BCUT2D eigenvalue weighted by Gasteiger charge is -2.25. The molecule has 0 amide bonds. The normalized spacial score (nSPS) is 22.7. The van der Waals surface area contributed by atoms with Gasteiger partial charge in [-0.3, -0.25) is 4.90 Å². The van der Waals surface area contributed by atoms with Crippen LogP contribution in [0.4, 0.5) is 0 Å². The first-order valence-corrected chi connectivity index (χ1v) is 8.34. The summed E-state index contributed by atoms with van der Waals surface area (Å²) in [6.45, 7) is 1.82. The van der Waals surface area contributed by atoms with E-state index in [9.17, 15) is 10.2 Å². The lowest BCUT2D eigenvalue weighted by atomic mass is 9.96. The number of hydrogen-bond acceptors (Lipinski definition) is 5. The van der Waals surface area contributed by atoms with E-state index in [0.29, 0.717) is 47.5 Å². The van der Waals surface area contributed by atoms with Gasteiger partial charge >= 0.3 is 0 Å². The van der Waals surface area contributed by atoms with Gasteiger partial charge in [0.15, 0.2) is 11.5 Å². The maximum Gasteiger partial charge on any atom is 0.179 e. The van der Waals surface area contributed by atoms with Crippen LogP contribution in [0.15, 0.2) is 6.07 Å². The quantitative estimate of drug-likeness (QED) is 0.841. The van der Waals surface area contributed by atoms with Crippen molar-refractivity contribution in [3.05, 3.63) is 21.7 Å². The Morgan fingerprint density at radius 3 is 2.57 bits per heavy atom. The molecule has 1 aliphatic rings. The van der Waals surface area contributed by atoms with E-state index in [1.54, 1.807) is 6.07 Å². The summed E-state index contributed by atoms with van der Waals surface area (Å²) in [4.78, 5) is 2.17. The Morgan fingerprint density at radius 1 is 1.22 bits per heavy atom. The first-order valence-electron chi connectivity index (χ1n) is 7.58. The molecule has 0 aliphatic carbocycles. The average Bonchev–Trinajstić information content (AvgIpc) is 2.73. The van der Waals surface area contributed by atoms with Crippen LogP contribution in [0.3, 0.4) is 0 Å². The molecule has 1 heterocycles. The SMILES string of the molecule is COc1cc(Cl)c(CN2CCCC(O)(CO)CC2)c(Cl)c1OC. The highest BCUT2D eigenvalue weighted by Gasteiger charge is 2.30. The smallest absolute Gasteiger partial charge is 0.179 e. The van der Waals surface area contributed by atoms with E-state index in [4.69, 9.17) is 32.7 Å². The largest absolute Gasteiger partial charge is 0.493 e. The average molecular weight is 364 g/mol. The number of likely N-dealkylation sites (tertiary alicyclic amines) is 1. The fourth-order valence-corrected chi connectivity index (χ4v) is 3.51. The summed E-state index contributed by atoms with van der Waals surface area (Å²) in [5, 5.41) is 20.5. The van der Waals surface area contributed by atoms with Crippen molar-refractivity contribution in [2.24, 2.45) is 0 Å². The molecule has 7 heteroatoms. The third-order valence-electron chi connectivity index (χ3n) is 4.34. The fraction of sp³-hybridized carbons (Fsp3) is 0.625. The van der Waals surface area contributed by atoms with Gasteiger partial charge in [0.05, 0.1) is 36.5 Å². The van der Waals surface area contributed by atoms with E-state index < -0.39 is 5.60 Å². The summed E-state index contributed by atoms with van der Waals surface area (Å²) in [6.07, 6.45) is 1.92. The predicted molar refractivity (Wildman–Crippen MR) is 90.7 cm³/mol. The number of nitrogens with zero attached hydrogens (tertiary/aromatic N) is 1. The van der Waals surface area contributed by atoms with Crippen molar-refractivity contribution in [3.8, 4) is 11.5 Å². The molecule has 1 saturated heterocycles. The summed E-state index contributed by atoms with van der Waals surface area (Å²) >= 11 is 12.8. The zero-order valence-corrected chi connectivity index (χ0v) is 15.0. The van der Waals surface area contributed by atoms with E-state index in [2.05, 4.69) is 4.90 Å². The topological polar surface area (TPSA) is 62.2 Å². The monoisotopic (exact) mass is 363 g/mol. The first-order chi connectivity index (χ1) is 10.9. The van der Waals surface area contributed by atoms with Crippen molar-refractivity contribution in [2.45, 2.75) is 31.4 Å². The lowest BCUT2D eigenvalue weighted by molar-refractivity contribution is -0.0255. The summed E-state index contributed by atoms with van der Waals surface area (Å²) in [5.41, 5.74) is -0.208. The molecule has 0 radical (unpaired) electrons. The zero-order chi connectivity index (χ0) is 17.0. The Bertz CT molecular complexity index is 555. The van der Waals surface area contributed by atoms with Gasteiger partial charge in [-0.2, -0.15) is 0 Å². The summed E-state index contributed by atoms with van der Waals surface area (Å²) in [6, 6.07) is 1.70. The number of methoxy groups -OCH3 is 2. The molecule has 2 rings (SSSR count). The lowest BCUT2D eigenvalue weighted by Crippen LogP contribution is -2.34. The number of rotatable bonds is 5. The Balaban J connectivity index is 2.20. The van der Waals surface area contributed by atoms with Gasteiger partial charge in [0.25, 0.3) is 0 Å². The van der Waals surface area contributed by atoms with Gasteiger partial charge in [0.2, 0.25) is 0 Å². The predicted octanol–water partition coefficient (Wildman–Crippen LogP) is 2.72. The Hall–Kier alpha value is -0.720. The molecule has 0 spiro atoms. The maximum absolute atomic E-state index is 10.2. The molecule has 1 aliphatic heterocycles. The van der Waals surface area contributed by atoms with Crippen LogP contribution in [0.5, 0.6) is 11.5 Å². The van der Waals surface area contributed by atoms with Crippen LogP contribution in [0, 0.1) is 0 Å². The van der Waals surface area contributed by atoms with Crippen LogP contribution in [0.1, 0.15) is 24.8 Å². The van der Waals surface area contributed by atoms with Gasteiger partial charge in [-0.15, -0.1) is 0 Å². The molecule has 0 saturated carbocycles. The molecular weight excluding hydrogens is 341 g/mol. The Kier molecular flexibility index (Phi) is 6.40. The van der Waals surface area contributed by atoms with Crippen molar-refractivity contribution < 1.29 is 19.7 Å². The van der Waals surface area contributed by atoms with Gasteiger partial charge in [-0.25, -0.2) is 0 Å². The van der Waals surface area contributed by atoms with Crippen LogP contribution in [-0.4, -0.2) is 54.6 Å². The molecular formula is C16H23Cl2NO4. The minimum atomic E-state index is -0.986. The van der Waals surface area contributed by atoms with Gasteiger partial charge < -0.3 is 19.7 Å². The van der Waals surface area contributed by atoms with Crippen molar-refractivity contribution >= 4 is 23.2 Å². The third-order valence-corrected chi connectivity index (χ3v) is 5.08. The van der Waals surface area contributed by atoms with E-state index in [-0.39, 0.29) is 6.61 Å². The maximum atomic E-state index is 10.2. The highest BCUT2D eigenvalue weighted by molar-refractivity contribution is 6.37. The van der Waals surface area contributed by atoms with E-state index >= 15 is 0 Å². The molecule has 130 valence electrons. The minimum Gasteiger partial charge on any atom is -0.493 e. The second kappa shape index (κ2) is 7.90. The van der Waals surface area contributed by atoms with Crippen LogP contribution in [-0.2, 0) is 6.54 Å². The molecule has 5 nitrogen and oxygen atoms in total. The minimum absolute atomic E-state index is 0.210. The fourth-order valence-electron chi connectivity index (χ4n) is 2.88. The Labute approximate surface area is 146 Å². The number of hydrogen-bond donors (Lipinski definition) is 2. The van der Waals surface area contributed by atoms with Crippen LogP contribution in [0.25, 0.3) is 0 Å². The molecule has 23 heavy (non-hydrogen) atoms. The highest BCUT2D eigenvalue weighted by Crippen LogP contribution is 2.42. The number of halogens is 2. The van der Waals surface area contributed by atoms with Crippen LogP contribution in [0.2, 0.25) is 10.0 Å². The molecule has 1 atom stereocenters. The molecule has 1 aromatic rings. The van der Waals surface area contributed by atoms with E-state index in [1.807, 2.05) is 0 Å². The number of benzene rings is 1. The molecule has 0 bridgehead atoms. The zero-order valence-electron chi connectivity index (χ0n) is 13.4. The van der Waals surface area contributed by atoms with Gasteiger partial charge in [0.1, 0.15) is 0 Å². The molecule has 1 aromatic carbocycles.